The highest BCUT2D eigenvalue weighted by atomic mass is 79.9. The summed E-state index contributed by atoms with van der Waals surface area (Å²) in [5.74, 6) is -1.83. The van der Waals surface area contributed by atoms with Gasteiger partial charge in [-0.2, -0.15) is 0 Å². The molecule has 3 N–H and O–H groups in total. The second-order valence-corrected chi connectivity index (χ2v) is 5.23. The van der Waals surface area contributed by atoms with Crippen molar-refractivity contribution in [2.45, 2.75) is 12.8 Å². The molecule has 6 nitrogen and oxygen atoms in total. The van der Waals surface area contributed by atoms with E-state index in [2.05, 4.69) is 21.2 Å². The first-order valence-corrected chi connectivity index (χ1v) is 6.82. The molecule has 0 bridgehead atoms. The van der Waals surface area contributed by atoms with Crippen molar-refractivity contribution in [2.24, 2.45) is 0 Å². The fourth-order valence-electron chi connectivity index (χ4n) is 1.19. The highest BCUT2D eigenvalue weighted by Gasteiger charge is 2.13. The predicted octanol–water partition coefficient (Wildman–Crippen LogP) is 3.27. The zero-order valence-corrected chi connectivity index (χ0v) is 13.0. The van der Waals surface area contributed by atoms with Gasteiger partial charge < -0.3 is 10.4 Å². The average molecular weight is 384 g/mol. The van der Waals surface area contributed by atoms with E-state index in [0.717, 1.165) is 0 Å². The molecule has 0 atom stereocenters. The fraction of sp³-hybridized carbons (Fsp3) is 0.182. The molecule has 9 heteroatoms. The maximum atomic E-state index is 11.5. The zero-order valence-electron chi connectivity index (χ0n) is 9.87. The molecule has 0 radical (unpaired) electrons. The average Bonchev–Trinajstić information content (AvgIpc) is 2.37. The third-order valence-electron chi connectivity index (χ3n) is 2.10. The molecule has 0 fully saturated rings. The summed E-state index contributed by atoms with van der Waals surface area (Å²) in [5.41, 5.74) is 0.225. The third kappa shape index (κ3) is 4.99. The molecule has 1 aromatic carbocycles. The molecule has 0 aromatic heterocycles. The Bertz CT molecular complexity index is 566. The van der Waals surface area contributed by atoms with Crippen LogP contribution in [0.4, 0.5) is 10.5 Å². The van der Waals surface area contributed by atoms with Crippen LogP contribution < -0.4 is 10.6 Å². The van der Waals surface area contributed by atoms with Gasteiger partial charge in [0.1, 0.15) is 0 Å². The molecule has 3 amide bonds. The van der Waals surface area contributed by atoms with Crippen molar-refractivity contribution in [3.05, 3.63) is 26.7 Å². The minimum absolute atomic E-state index is 0.120. The third-order valence-corrected chi connectivity index (χ3v) is 3.87. The lowest BCUT2D eigenvalue weighted by Crippen LogP contribution is -2.34. The summed E-state index contributed by atoms with van der Waals surface area (Å²) >= 11 is 15.0. The molecule has 1 rings (SSSR count). The number of benzene rings is 1. The van der Waals surface area contributed by atoms with E-state index >= 15 is 0 Å². The maximum absolute atomic E-state index is 11.5. The Morgan fingerprint density at radius 3 is 2.40 bits per heavy atom. The van der Waals surface area contributed by atoms with Crippen LogP contribution in [-0.2, 0) is 9.59 Å². The number of imide groups is 1. The van der Waals surface area contributed by atoms with Crippen LogP contribution in [0.25, 0.3) is 0 Å². The highest BCUT2D eigenvalue weighted by molar-refractivity contribution is 9.10. The van der Waals surface area contributed by atoms with Crippen molar-refractivity contribution in [3.8, 4) is 0 Å². The summed E-state index contributed by atoms with van der Waals surface area (Å²) in [6.07, 6.45) is -0.651. The van der Waals surface area contributed by atoms with Gasteiger partial charge in [-0.1, -0.05) is 23.2 Å². The van der Waals surface area contributed by atoms with Crippen LogP contribution in [0.15, 0.2) is 16.6 Å². The maximum Gasteiger partial charge on any atom is 0.325 e. The predicted molar refractivity (Wildman–Crippen MR) is 78.2 cm³/mol. The standard InChI is InChI=1S/C11H9BrCl2N2O4/c12-5-1-2-6(10(14)9(5)13)15-11(20)16-7(17)3-4-8(18)19/h1-2H,3-4H2,(H,18,19)(H2,15,16,17,20). The van der Waals surface area contributed by atoms with E-state index in [4.69, 9.17) is 28.3 Å². The zero-order chi connectivity index (χ0) is 15.3. The first-order chi connectivity index (χ1) is 9.31. The molecule has 0 saturated carbocycles. The fourth-order valence-corrected chi connectivity index (χ4v) is 2.01. The smallest absolute Gasteiger partial charge is 0.325 e. The number of aliphatic carboxylic acids is 1. The van der Waals surface area contributed by atoms with Gasteiger partial charge in [-0.05, 0) is 28.1 Å². The van der Waals surface area contributed by atoms with Crippen LogP contribution >= 0.6 is 39.1 Å². The lowest BCUT2D eigenvalue weighted by Gasteiger charge is -2.09. The Balaban J connectivity index is 2.61. The minimum Gasteiger partial charge on any atom is -0.481 e. The van der Waals surface area contributed by atoms with E-state index in [-0.39, 0.29) is 28.6 Å². The molecule has 0 spiro atoms. The van der Waals surface area contributed by atoms with E-state index < -0.39 is 17.9 Å². The molecule has 0 heterocycles. The quantitative estimate of drug-likeness (QED) is 0.695. The number of anilines is 1. The lowest BCUT2D eigenvalue weighted by molar-refractivity contribution is -0.138. The number of carbonyl (C=O) groups is 3. The Morgan fingerprint density at radius 2 is 1.80 bits per heavy atom. The van der Waals surface area contributed by atoms with Crippen LogP contribution in [0.5, 0.6) is 0 Å². The molecule has 0 aliphatic carbocycles. The molecule has 0 saturated heterocycles. The van der Waals surface area contributed by atoms with E-state index in [1.54, 1.807) is 6.07 Å². The molecular formula is C11H9BrCl2N2O4. The SMILES string of the molecule is O=C(O)CCC(=O)NC(=O)Nc1ccc(Br)c(Cl)c1Cl. The summed E-state index contributed by atoms with van der Waals surface area (Å²) < 4.78 is 0.563. The number of hydrogen-bond acceptors (Lipinski definition) is 3. The number of rotatable bonds is 4. The van der Waals surface area contributed by atoms with Gasteiger partial charge in [0.05, 0.1) is 22.2 Å². The van der Waals surface area contributed by atoms with Crippen LogP contribution in [0, 0.1) is 0 Å². The van der Waals surface area contributed by atoms with Gasteiger partial charge in [-0.25, -0.2) is 4.79 Å². The van der Waals surface area contributed by atoms with Crippen molar-refractivity contribution in [3.63, 3.8) is 0 Å². The Morgan fingerprint density at radius 1 is 1.15 bits per heavy atom. The summed E-state index contributed by atoms with van der Waals surface area (Å²) in [5, 5.41) is 13.1. The van der Waals surface area contributed by atoms with Gasteiger partial charge >= 0.3 is 12.0 Å². The summed E-state index contributed by atoms with van der Waals surface area (Å²) in [4.78, 5) is 33.0. The summed E-state index contributed by atoms with van der Waals surface area (Å²) in [6, 6.07) is 2.26. The van der Waals surface area contributed by atoms with Gasteiger partial charge in [-0.15, -0.1) is 0 Å². The Hall–Kier alpha value is -1.31. The monoisotopic (exact) mass is 382 g/mol. The second kappa shape index (κ2) is 7.47. The summed E-state index contributed by atoms with van der Waals surface area (Å²) in [6.45, 7) is 0. The van der Waals surface area contributed by atoms with E-state index in [1.165, 1.54) is 6.07 Å². The molecule has 108 valence electrons. The lowest BCUT2D eigenvalue weighted by atomic mass is 10.3. The van der Waals surface area contributed by atoms with Crippen molar-refractivity contribution in [2.75, 3.05) is 5.32 Å². The van der Waals surface area contributed by atoms with Gasteiger partial charge in [-0.3, -0.25) is 14.9 Å². The molecule has 0 unspecified atom stereocenters. The van der Waals surface area contributed by atoms with Crippen molar-refractivity contribution >= 4 is 62.7 Å². The number of carbonyl (C=O) groups excluding carboxylic acids is 2. The number of carboxylic acids is 1. The van der Waals surface area contributed by atoms with Crippen LogP contribution in [0.2, 0.25) is 10.0 Å². The van der Waals surface area contributed by atoms with Gasteiger partial charge in [0, 0.05) is 10.9 Å². The van der Waals surface area contributed by atoms with Crippen LogP contribution in [0.1, 0.15) is 12.8 Å². The van der Waals surface area contributed by atoms with Crippen molar-refractivity contribution < 1.29 is 19.5 Å². The van der Waals surface area contributed by atoms with E-state index in [1.807, 2.05) is 5.32 Å². The van der Waals surface area contributed by atoms with Crippen LogP contribution in [0.3, 0.4) is 0 Å². The first kappa shape index (κ1) is 16.7. The van der Waals surface area contributed by atoms with Gasteiger partial charge in [0.2, 0.25) is 5.91 Å². The number of amides is 3. The number of halogens is 3. The Kier molecular flexibility index (Phi) is 6.25. The number of carboxylic acid groups (broad SMARTS) is 1. The number of urea groups is 1. The topological polar surface area (TPSA) is 95.5 Å². The molecule has 0 aliphatic heterocycles. The number of nitrogens with one attached hydrogen (secondary N) is 2. The second-order valence-electron chi connectivity index (χ2n) is 3.62. The van der Waals surface area contributed by atoms with Crippen molar-refractivity contribution in [1.82, 2.24) is 5.32 Å². The minimum atomic E-state index is -1.12. The molecule has 0 aliphatic rings. The van der Waals surface area contributed by atoms with Crippen LogP contribution in [-0.4, -0.2) is 23.0 Å². The first-order valence-electron chi connectivity index (χ1n) is 5.27. The van der Waals surface area contributed by atoms with Crippen molar-refractivity contribution in [1.29, 1.82) is 0 Å². The largest absolute Gasteiger partial charge is 0.481 e. The highest BCUT2D eigenvalue weighted by Crippen LogP contribution is 2.35. The normalized spacial score (nSPS) is 9.95. The van der Waals surface area contributed by atoms with Gasteiger partial charge in [0.25, 0.3) is 0 Å². The molecule has 1 aromatic rings. The summed E-state index contributed by atoms with van der Waals surface area (Å²) in [7, 11) is 0. The molecular weight excluding hydrogens is 375 g/mol. The van der Waals surface area contributed by atoms with E-state index in [0.29, 0.717) is 4.47 Å². The van der Waals surface area contributed by atoms with E-state index in [9.17, 15) is 14.4 Å². The van der Waals surface area contributed by atoms with Gasteiger partial charge in [0.15, 0.2) is 0 Å². The molecule has 20 heavy (non-hydrogen) atoms. The Labute approximate surface area is 132 Å². The number of hydrogen-bond donors (Lipinski definition) is 3.